The van der Waals surface area contributed by atoms with E-state index in [1.54, 1.807) is 23.1 Å². The van der Waals surface area contributed by atoms with Crippen molar-refractivity contribution >= 4 is 41.2 Å². The molecule has 3 rings (SSSR count). The Morgan fingerprint density at radius 3 is 2.28 bits per heavy atom. The zero-order valence-electron chi connectivity index (χ0n) is 19.7. The van der Waals surface area contributed by atoms with E-state index in [1.807, 2.05) is 0 Å². The Hall–Kier alpha value is -2.51. The average molecular weight is 544 g/mol. The van der Waals surface area contributed by atoms with Gasteiger partial charge in [-0.05, 0) is 43.6 Å². The van der Waals surface area contributed by atoms with Crippen molar-refractivity contribution in [2.45, 2.75) is 38.8 Å². The summed E-state index contributed by atoms with van der Waals surface area (Å²) < 4.78 is 10.2. The van der Waals surface area contributed by atoms with Crippen LogP contribution in [0.3, 0.4) is 0 Å². The molecule has 9 nitrogen and oxygen atoms in total. The van der Waals surface area contributed by atoms with Gasteiger partial charge in [-0.3, -0.25) is 9.69 Å². The second-order valence-corrected chi connectivity index (χ2v) is 9.13. The number of rotatable bonds is 8. The highest BCUT2D eigenvalue weighted by Gasteiger charge is 2.40. The van der Waals surface area contributed by atoms with Gasteiger partial charge in [0.2, 0.25) is 5.91 Å². The smallest absolute Gasteiger partial charge is 0.409 e. The molecule has 0 saturated carbocycles. The minimum atomic E-state index is -1.10. The number of hydrogen-bond acceptors (Lipinski definition) is 6. The standard InChI is InChI=1S/C22H29Cl2N3O6.C2H2.CH4/c1-32-22(31)27-11-16(10-25-6-2-3-7-25)26(12-17(27)13-33-14-21(29)30)20(28)9-15-4-5-18(23)19(24)8-15;1-2;/h4-5,8,16-17H,2-3,6-7,9-14H2,1H3,(H,29,30);1-2H;1H4/t16-,17-;;/m1../s1. The Morgan fingerprint density at radius 1 is 1.06 bits per heavy atom. The summed E-state index contributed by atoms with van der Waals surface area (Å²) in [6, 6.07) is 4.35. The van der Waals surface area contributed by atoms with E-state index in [4.69, 9.17) is 37.8 Å². The maximum atomic E-state index is 13.4. The fourth-order valence-electron chi connectivity index (χ4n) is 4.37. The molecule has 1 aromatic rings. The Kier molecular flexibility index (Phi) is 13.6. The minimum Gasteiger partial charge on any atom is -0.480 e. The number of benzene rings is 1. The van der Waals surface area contributed by atoms with Crippen molar-refractivity contribution in [3.8, 4) is 12.8 Å². The third kappa shape index (κ3) is 8.86. The van der Waals surface area contributed by atoms with Gasteiger partial charge in [0.1, 0.15) is 6.61 Å². The average Bonchev–Trinajstić information content (AvgIpc) is 3.35. The number of carboxylic acid groups (broad SMARTS) is 1. The van der Waals surface area contributed by atoms with Gasteiger partial charge in [-0.1, -0.05) is 36.7 Å². The molecule has 0 unspecified atom stereocenters. The molecule has 1 aromatic carbocycles. The normalized spacial score (nSPS) is 19.6. The first-order chi connectivity index (χ1) is 16.8. The van der Waals surface area contributed by atoms with Gasteiger partial charge >= 0.3 is 12.1 Å². The van der Waals surface area contributed by atoms with Crippen LogP contribution in [0.1, 0.15) is 25.8 Å². The van der Waals surface area contributed by atoms with E-state index in [2.05, 4.69) is 17.7 Å². The fourth-order valence-corrected chi connectivity index (χ4v) is 4.69. The molecule has 0 spiro atoms. The van der Waals surface area contributed by atoms with Crippen molar-refractivity contribution < 1.29 is 29.0 Å². The summed E-state index contributed by atoms with van der Waals surface area (Å²) in [6.45, 7) is 2.53. The molecule has 0 aromatic heterocycles. The number of methoxy groups -OCH3 is 1. The zero-order valence-corrected chi connectivity index (χ0v) is 21.2. The maximum Gasteiger partial charge on any atom is 0.409 e. The van der Waals surface area contributed by atoms with Crippen LogP contribution in [-0.2, 0) is 25.5 Å². The number of ether oxygens (including phenoxy) is 2. The Morgan fingerprint density at radius 2 is 1.69 bits per heavy atom. The Labute approximate surface area is 223 Å². The van der Waals surface area contributed by atoms with Gasteiger partial charge in [0.25, 0.3) is 0 Å². The lowest BCUT2D eigenvalue weighted by atomic mass is 10.0. The van der Waals surface area contributed by atoms with Gasteiger partial charge < -0.3 is 24.4 Å². The lowest BCUT2D eigenvalue weighted by molar-refractivity contribution is -0.145. The third-order valence-electron chi connectivity index (χ3n) is 5.97. The molecule has 200 valence electrons. The molecular weight excluding hydrogens is 509 g/mol. The van der Waals surface area contributed by atoms with E-state index in [0.29, 0.717) is 16.6 Å². The van der Waals surface area contributed by atoms with E-state index < -0.39 is 24.7 Å². The fraction of sp³-hybridized carbons (Fsp3) is 0.560. The van der Waals surface area contributed by atoms with Crippen molar-refractivity contribution in [2.75, 3.05) is 53.0 Å². The molecular formula is C25H35Cl2N3O6. The van der Waals surface area contributed by atoms with Crippen molar-refractivity contribution in [3.63, 3.8) is 0 Å². The molecule has 0 bridgehead atoms. The quantitative estimate of drug-likeness (QED) is 0.502. The van der Waals surface area contributed by atoms with Gasteiger partial charge in [-0.25, -0.2) is 9.59 Å². The topological polar surface area (TPSA) is 99.6 Å². The molecule has 2 fully saturated rings. The monoisotopic (exact) mass is 543 g/mol. The number of piperazine rings is 1. The highest BCUT2D eigenvalue weighted by atomic mass is 35.5. The van der Waals surface area contributed by atoms with Crippen LogP contribution in [0, 0.1) is 12.8 Å². The number of amides is 2. The van der Waals surface area contributed by atoms with Crippen molar-refractivity contribution in [1.29, 1.82) is 0 Å². The molecule has 2 aliphatic heterocycles. The van der Waals surface area contributed by atoms with Gasteiger partial charge in [-0.2, -0.15) is 0 Å². The number of aliphatic carboxylic acids is 1. The molecule has 0 radical (unpaired) electrons. The minimum absolute atomic E-state index is 0. The molecule has 2 heterocycles. The number of halogens is 2. The highest BCUT2D eigenvalue weighted by molar-refractivity contribution is 6.42. The summed E-state index contributed by atoms with van der Waals surface area (Å²) in [5.41, 5.74) is 0.739. The first-order valence-corrected chi connectivity index (χ1v) is 12.0. The number of carboxylic acids is 1. The van der Waals surface area contributed by atoms with Crippen LogP contribution in [0.4, 0.5) is 4.79 Å². The summed E-state index contributed by atoms with van der Waals surface area (Å²) >= 11 is 12.1. The largest absolute Gasteiger partial charge is 0.480 e. The number of terminal acetylenes is 1. The molecule has 2 atom stereocenters. The zero-order chi connectivity index (χ0) is 26.0. The van der Waals surface area contributed by atoms with Gasteiger partial charge in [0, 0.05) is 19.6 Å². The van der Waals surface area contributed by atoms with E-state index in [1.165, 1.54) is 12.0 Å². The van der Waals surface area contributed by atoms with Crippen LogP contribution in [0.15, 0.2) is 18.2 Å². The predicted molar refractivity (Wildman–Crippen MR) is 139 cm³/mol. The third-order valence-corrected chi connectivity index (χ3v) is 6.71. The van der Waals surface area contributed by atoms with E-state index in [0.717, 1.165) is 31.5 Å². The number of nitrogens with zero attached hydrogens (tertiary/aromatic N) is 3. The maximum absolute atomic E-state index is 13.4. The molecule has 2 saturated heterocycles. The number of likely N-dealkylation sites (tertiary alicyclic amines) is 1. The second kappa shape index (κ2) is 15.6. The van der Waals surface area contributed by atoms with Crippen LogP contribution in [-0.4, -0.2) is 103 Å². The number of hydrogen-bond donors (Lipinski definition) is 1. The number of carbonyl (C=O) groups excluding carboxylic acids is 2. The highest BCUT2D eigenvalue weighted by Crippen LogP contribution is 2.25. The summed E-state index contributed by atoms with van der Waals surface area (Å²) in [5, 5.41) is 9.69. The lowest BCUT2D eigenvalue weighted by Gasteiger charge is -2.46. The van der Waals surface area contributed by atoms with Crippen molar-refractivity contribution in [2.24, 2.45) is 0 Å². The lowest BCUT2D eigenvalue weighted by Crippen LogP contribution is -2.64. The first kappa shape index (κ1) is 31.5. The second-order valence-electron chi connectivity index (χ2n) is 8.32. The Bertz CT molecular complexity index is 907. The molecule has 11 heteroatoms. The SMILES string of the molecule is C.C#C.COC(=O)N1C[C@@H](CN2CCCC2)N(C(=O)Cc2ccc(Cl)c(Cl)c2)C[C@@H]1COCC(=O)O. The molecule has 36 heavy (non-hydrogen) atoms. The van der Waals surface area contributed by atoms with Gasteiger partial charge in [0.05, 0.1) is 42.3 Å². The van der Waals surface area contributed by atoms with Crippen LogP contribution in [0.5, 0.6) is 0 Å². The molecule has 0 aliphatic carbocycles. The van der Waals surface area contributed by atoms with Gasteiger partial charge in [0.15, 0.2) is 0 Å². The molecule has 1 N–H and O–H groups in total. The van der Waals surface area contributed by atoms with E-state index in [9.17, 15) is 14.4 Å². The van der Waals surface area contributed by atoms with Crippen molar-refractivity contribution in [1.82, 2.24) is 14.7 Å². The predicted octanol–water partition coefficient (Wildman–Crippen LogP) is 3.27. The van der Waals surface area contributed by atoms with Crippen LogP contribution >= 0.6 is 23.2 Å². The summed E-state index contributed by atoms with van der Waals surface area (Å²) in [5.74, 6) is -1.21. The van der Waals surface area contributed by atoms with Crippen molar-refractivity contribution in [3.05, 3.63) is 33.8 Å². The summed E-state index contributed by atoms with van der Waals surface area (Å²) in [7, 11) is 1.30. The summed E-state index contributed by atoms with van der Waals surface area (Å²) in [6.07, 6.45) is 9.82. The first-order valence-electron chi connectivity index (χ1n) is 11.2. The van der Waals surface area contributed by atoms with Crippen LogP contribution in [0.25, 0.3) is 0 Å². The number of carbonyl (C=O) groups is 3. The van der Waals surface area contributed by atoms with E-state index >= 15 is 0 Å². The summed E-state index contributed by atoms with van der Waals surface area (Å²) in [4.78, 5) is 42.3. The van der Waals surface area contributed by atoms with Crippen LogP contribution in [0.2, 0.25) is 10.0 Å². The van der Waals surface area contributed by atoms with E-state index in [-0.39, 0.29) is 45.5 Å². The Balaban J connectivity index is 0.00000211. The molecule has 2 amide bonds. The van der Waals surface area contributed by atoms with Gasteiger partial charge in [-0.15, -0.1) is 12.8 Å². The molecule has 2 aliphatic rings. The van der Waals surface area contributed by atoms with Crippen LogP contribution < -0.4 is 0 Å².